The van der Waals surface area contributed by atoms with E-state index >= 15 is 0 Å². The molecule has 5 nitrogen and oxygen atoms in total. The van der Waals surface area contributed by atoms with Gasteiger partial charge in [-0.1, -0.05) is 37.3 Å². The zero-order valence-corrected chi connectivity index (χ0v) is 19.0. The van der Waals surface area contributed by atoms with Gasteiger partial charge in [-0.2, -0.15) is 0 Å². The minimum Gasteiger partial charge on any atom is -0.493 e. The predicted molar refractivity (Wildman–Crippen MR) is 123 cm³/mol. The summed E-state index contributed by atoms with van der Waals surface area (Å²) in [6.45, 7) is 6.26. The van der Waals surface area contributed by atoms with Crippen LogP contribution in [0.1, 0.15) is 44.4 Å². The average molecular weight is 443 g/mol. The number of Topliss-reactive ketones (excluding diaryl/α,β-unsaturated/α-hetero) is 1. The highest BCUT2D eigenvalue weighted by Gasteiger charge is 2.34. The van der Waals surface area contributed by atoms with Crippen molar-refractivity contribution in [3.63, 3.8) is 0 Å². The van der Waals surface area contributed by atoms with Crippen LogP contribution in [0.15, 0.2) is 53.7 Å². The van der Waals surface area contributed by atoms with E-state index in [1.54, 1.807) is 38.3 Å². The quantitative estimate of drug-likeness (QED) is 0.586. The zero-order chi connectivity index (χ0) is 22.5. The van der Waals surface area contributed by atoms with Gasteiger partial charge in [0.15, 0.2) is 22.4 Å². The molecule has 1 N–H and O–H groups in total. The first-order chi connectivity index (χ1) is 14.9. The van der Waals surface area contributed by atoms with Gasteiger partial charge in [0.05, 0.1) is 13.2 Å². The minimum absolute atomic E-state index is 0.0251. The fraction of sp³-hybridized carbons (Fsp3) is 0.333. The SMILES string of the molecule is CCCN1C(=S)NC(c2cccc(OC)c2OCc2ccccc2F)C(C(C)=O)=C1C. The number of carbonyl (C=O) groups excluding carboxylic acids is 1. The lowest BCUT2D eigenvalue weighted by atomic mass is 9.91. The number of benzene rings is 2. The number of ketones is 1. The molecule has 1 heterocycles. The van der Waals surface area contributed by atoms with Gasteiger partial charge < -0.3 is 19.7 Å². The second-order valence-electron chi connectivity index (χ2n) is 7.35. The topological polar surface area (TPSA) is 50.8 Å². The average Bonchev–Trinajstić information content (AvgIpc) is 2.75. The third-order valence-electron chi connectivity index (χ3n) is 5.29. The van der Waals surface area contributed by atoms with Crippen LogP contribution in [0, 0.1) is 5.82 Å². The number of nitrogens with zero attached hydrogens (tertiary/aromatic N) is 1. The Morgan fingerprint density at radius 3 is 2.61 bits per heavy atom. The van der Waals surface area contributed by atoms with Crippen molar-refractivity contribution < 1.29 is 18.7 Å². The van der Waals surface area contributed by atoms with Crippen LogP contribution in [0.5, 0.6) is 11.5 Å². The number of allylic oxidation sites excluding steroid dienone is 1. The summed E-state index contributed by atoms with van der Waals surface area (Å²) in [7, 11) is 1.55. The first kappa shape index (κ1) is 22.7. The summed E-state index contributed by atoms with van der Waals surface area (Å²) in [4.78, 5) is 14.6. The van der Waals surface area contributed by atoms with Gasteiger partial charge in [-0.3, -0.25) is 4.79 Å². The molecule has 1 aliphatic heterocycles. The Hall–Kier alpha value is -2.93. The van der Waals surface area contributed by atoms with Crippen molar-refractivity contribution in [2.75, 3.05) is 13.7 Å². The molecule has 3 rings (SSSR count). The monoisotopic (exact) mass is 442 g/mol. The smallest absolute Gasteiger partial charge is 0.173 e. The summed E-state index contributed by atoms with van der Waals surface area (Å²) in [5, 5.41) is 3.85. The van der Waals surface area contributed by atoms with Crippen LogP contribution in [-0.4, -0.2) is 29.5 Å². The molecule has 1 unspecified atom stereocenters. The van der Waals surface area contributed by atoms with Crippen molar-refractivity contribution in [3.8, 4) is 11.5 Å². The third kappa shape index (κ3) is 4.71. The van der Waals surface area contributed by atoms with Crippen LogP contribution in [0.4, 0.5) is 4.39 Å². The maximum atomic E-state index is 14.1. The summed E-state index contributed by atoms with van der Waals surface area (Å²) in [6.07, 6.45) is 0.894. The molecule has 0 saturated carbocycles. The number of ether oxygens (including phenoxy) is 2. The van der Waals surface area contributed by atoms with Crippen LogP contribution in [0.2, 0.25) is 0 Å². The lowest BCUT2D eigenvalue weighted by molar-refractivity contribution is -0.114. The number of para-hydroxylation sites is 1. The van der Waals surface area contributed by atoms with Crippen molar-refractivity contribution in [3.05, 3.63) is 70.7 Å². The summed E-state index contributed by atoms with van der Waals surface area (Å²) in [5.74, 6) is 0.551. The molecular formula is C24H27FN2O3S. The second kappa shape index (κ2) is 9.92. The normalized spacial score (nSPS) is 16.2. The lowest BCUT2D eigenvalue weighted by Gasteiger charge is -2.38. The highest BCUT2D eigenvalue weighted by Crippen LogP contribution is 2.41. The van der Waals surface area contributed by atoms with Crippen molar-refractivity contribution in [2.24, 2.45) is 0 Å². The molecule has 0 spiro atoms. The molecule has 164 valence electrons. The van der Waals surface area contributed by atoms with E-state index in [-0.39, 0.29) is 18.2 Å². The number of methoxy groups -OCH3 is 1. The van der Waals surface area contributed by atoms with E-state index in [2.05, 4.69) is 12.2 Å². The highest BCUT2D eigenvalue weighted by molar-refractivity contribution is 7.80. The number of halogens is 1. The third-order valence-corrected chi connectivity index (χ3v) is 5.63. The van der Waals surface area contributed by atoms with Crippen molar-refractivity contribution in [2.45, 2.75) is 39.8 Å². The first-order valence-electron chi connectivity index (χ1n) is 10.2. The molecule has 7 heteroatoms. The number of hydrogen-bond donors (Lipinski definition) is 1. The Morgan fingerprint density at radius 2 is 1.97 bits per heavy atom. The van der Waals surface area contributed by atoms with E-state index in [9.17, 15) is 9.18 Å². The van der Waals surface area contributed by atoms with Crippen LogP contribution in [-0.2, 0) is 11.4 Å². The number of nitrogens with one attached hydrogen (secondary N) is 1. The van der Waals surface area contributed by atoms with Crippen molar-refractivity contribution >= 4 is 23.1 Å². The summed E-state index contributed by atoms with van der Waals surface area (Å²) in [6, 6.07) is 11.4. The Morgan fingerprint density at radius 1 is 1.23 bits per heavy atom. The van der Waals surface area contributed by atoms with Gasteiger partial charge >= 0.3 is 0 Å². The molecule has 1 aliphatic rings. The van der Waals surface area contributed by atoms with Crippen LogP contribution in [0.25, 0.3) is 0 Å². The molecular weight excluding hydrogens is 415 g/mol. The van der Waals surface area contributed by atoms with Crippen molar-refractivity contribution in [1.29, 1.82) is 0 Å². The first-order valence-corrected chi connectivity index (χ1v) is 10.6. The molecule has 0 aliphatic carbocycles. The summed E-state index contributed by atoms with van der Waals surface area (Å²) < 4.78 is 25.7. The lowest BCUT2D eigenvalue weighted by Crippen LogP contribution is -2.47. The molecule has 31 heavy (non-hydrogen) atoms. The molecule has 1 atom stereocenters. The summed E-state index contributed by atoms with van der Waals surface area (Å²) >= 11 is 5.60. The maximum absolute atomic E-state index is 14.1. The number of rotatable bonds is 8. The van der Waals surface area contributed by atoms with E-state index in [1.807, 2.05) is 24.0 Å². The van der Waals surface area contributed by atoms with Gasteiger partial charge in [-0.15, -0.1) is 0 Å². The maximum Gasteiger partial charge on any atom is 0.173 e. The Labute approximate surface area is 187 Å². The predicted octanol–water partition coefficient (Wildman–Crippen LogP) is 4.92. The van der Waals surface area contributed by atoms with E-state index in [0.717, 1.165) is 18.7 Å². The van der Waals surface area contributed by atoms with Gasteiger partial charge in [-0.25, -0.2) is 4.39 Å². The van der Waals surface area contributed by atoms with Gasteiger partial charge in [-0.05, 0) is 44.6 Å². The molecule has 0 radical (unpaired) electrons. The van der Waals surface area contributed by atoms with E-state index < -0.39 is 6.04 Å². The van der Waals surface area contributed by atoms with Crippen LogP contribution >= 0.6 is 12.2 Å². The molecule has 0 saturated heterocycles. The van der Waals surface area contributed by atoms with Gasteiger partial charge in [0.2, 0.25) is 0 Å². The standard InChI is InChI=1S/C24H27FN2O3S/c1-5-13-27-15(2)21(16(3)28)22(26-24(27)31)18-10-8-12-20(29-4)23(18)30-14-17-9-6-7-11-19(17)25/h6-12,22H,5,13-14H2,1-4H3,(H,26,31). The van der Waals surface area contributed by atoms with Gasteiger partial charge in [0.1, 0.15) is 12.4 Å². The fourth-order valence-corrected chi connectivity index (χ4v) is 4.15. The van der Waals surface area contributed by atoms with Gasteiger partial charge in [0.25, 0.3) is 0 Å². The Kier molecular flexibility index (Phi) is 7.28. The second-order valence-corrected chi connectivity index (χ2v) is 7.73. The Bertz CT molecular complexity index is 1020. The zero-order valence-electron chi connectivity index (χ0n) is 18.2. The number of thiocarbonyl (C=S) groups is 1. The minimum atomic E-state index is -0.496. The van der Waals surface area contributed by atoms with Gasteiger partial charge in [0, 0.05) is 28.9 Å². The Balaban J connectivity index is 2.06. The van der Waals surface area contributed by atoms with Crippen molar-refractivity contribution in [1.82, 2.24) is 10.2 Å². The molecule has 0 amide bonds. The summed E-state index contributed by atoms with van der Waals surface area (Å²) in [5.41, 5.74) is 2.58. The molecule has 2 aromatic rings. The highest BCUT2D eigenvalue weighted by atomic mass is 32.1. The van der Waals surface area contributed by atoms with E-state index in [0.29, 0.717) is 33.3 Å². The van der Waals surface area contributed by atoms with E-state index in [1.165, 1.54) is 6.07 Å². The number of carbonyl (C=O) groups is 1. The molecule has 0 aromatic heterocycles. The molecule has 0 fully saturated rings. The molecule has 2 aromatic carbocycles. The van der Waals surface area contributed by atoms with Crippen LogP contribution in [0.3, 0.4) is 0 Å². The fourth-order valence-electron chi connectivity index (χ4n) is 3.80. The number of hydrogen-bond acceptors (Lipinski definition) is 4. The molecule has 0 bridgehead atoms. The largest absolute Gasteiger partial charge is 0.493 e. The van der Waals surface area contributed by atoms with Crippen LogP contribution < -0.4 is 14.8 Å². The van der Waals surface area contributed by atoms with E-state index in [4.69, 9.17) is 21.7 Å².